The smallest absolute Gasteiger partial charge is 0.368 e. The fraction of sp³-hybridized carbons (Fsp3) is 0.714. The third-order valence-corrected chi connectivity index (χ3v) is 1.63. The lowest BCUT2D eigenvalue weighted by atomic mass is 10.1. The minimum Gasteiger partial charge on any atom is -0.439 e. The van der Waals surface area contributed by atoms with E-state index in [1.807, 2.05) is 0 Å². The monoisotopic (exact) mass is 285 g/mol. The highest BCUT2D eigenvalue weighted by atomic mass is 127. The summed E-state index contributed by atoms with van der Waals surface area (Å²) in [6.07, 6.45) is 0.981. The van der Waals surface area contributed by atoms with Gasteiger partial charge in [0.15, 0.2) is 6.23 Å². The van der Waals surface area contributed by atoms with Crippen LogP contribution in [0.3, 0.4) is 0 Å². The second-order valence-corrected chi connectivity index (χ2v) is 3.36. The summed E-state index contributed by atoms with van der Waals surface area (Å²) < 4.78 is 4.48. The van der Waals surface area contributed by atoms with Crippen LogP contribution in [0.15, 0.2) is 0 Å². The first-order valence-electron chi connectivity index (χ1n) is 3.58. The highest BCUT2D eigenvalue weighted by molar-refractivity contribution is 14.1. The quantitative estimate of drug-likeness (QED) is 0.358. The zero-order chi connectivity index (χ0) is 9.56. The van der Waals surface area contributed by atoms with E-state index in [9.17, 15) is 9.59 Å². The van der Waals surface area contributed by atoms with Crippen molar-refractivity contribution in [3.8, 4) is 0 Å². The topological polar surface area (TPSA) is 55.4 Å². The molecule has 0 amide bonds. The van der Waals surface area contributed by atoms with Gasteiger partial charge in [0.2, 0.25) is 0 Å². The van der Waals surface area contributed by atoms with Crippen LogP contribution in [0.5, 0.6) is 0 Å². The van der Waals surface area contributed by atoms with Gasteiger partial charge < -0.3 is 9.53 Å². The summed E-state index contributed by atoms with van der Waals surface area (Å²) in [7, 11) is 1.68. The average molecular weight is 285 g/mol. The van der Waals surface area contributed by atoms with Gasteiger partial charge >= 0.3 is 3.98 Å². The third kappa shape index (κ3) is 5.48. The predicted molar refractivity (Wildman–Crippen MR) is 53.2 cm³/mol. The van der Waals surface area contributed by atoms with Gasteiger partial charge in [-0.25, -0.2) is 4.79 Å². The summed E-state index contributed by atoms with van der Waals surface area (Å²) in [6.45, 7) is 1.78. The van der Waals surface area contributed by atoms with Crippen LogP contribution in [0, 0.1) is 5.92 Å². The summed E-state index contributed by atoms with van der Waals surface area (Å²) in [5.74, 6) is -0.0989. The molecule has 0 spiro atoms. The van der Waals surface area contributed by atoms with Crippen LogP contribution in [-0.2, 0) is 9.53 Å². The van der Waals surface area contributed by atoms with Crippen LogP contribution in [0.4, 0.5) is 4.79 Å². The van der Waals surface area contributed by atoms with Crippen molar-refractivity contribution in [2.45, 2.75) is 19.6 Å². The lowest BCUT2D eigenvalue weighted by Crippen LogP contribution is -2.31. The molecule has 12 heavy (non-hydrogen) atoms. The van der Waals surface area contributed by atoms with E-state index in [-0.39, 0.29) is 16.1 Å². The molecule has 0 aliphatic heterocycles. The van der Waals surface area contributed by atoms with E-state index in [4.69, 9.17) is 4.74 Å². The Morgan fingerprint density at radius 2 is 2.33 bits per heavy atom. The Kier molecular flexibility index (Phi) is 6.27. The summed E-state index contributed by atoms with van der Waals surface area (Å²) in [4.78, 5) is 20.8. The highest BCUT2D eigenvalue weighted by Crippen LogP contribution is 2.06. The maximum atomic E-state index is 10.5. The number of carbonyl (C=O) groups is 2. The minimum absolute atomic E-state index is 0.0989. The molecule has 70 valence electrons. The Morgan fingerprint density at radius 3 is 2.67 bits per heavy atom. The van der Waals surface area contributed by atoms with Crippen molar-refractivity contribution in [1.82, 2.24) is 5.32 Å². The first kappa shape index (κ1) is 11.8. The number of ether oxygens (including phenoxy) is 1. The van der Waals surface area contributed by atoms with Crippen LogP contribution in [0.25, 0.3) is 0 Å². The van der Waals surface area contributed by atoms with Gasteiger partial charge in [-0.3, -0.25) is 5.32 Å². The molecule has 4 nitrogen and oxygen atoms in total. The number of carbonyl (C=O) groups excluding carboxylic acids is 2. The van der Waals surface area contributed by atoms with Crippen LogP contribution >= 0.6 is 22.6 Å². The van der Waals surface area contributed by atoms with E-state index in [2.05, 4.69) is 5.32 Å². The maximum Gasteiger partial charge on any atom is 0.368 e. The summed E-state index contributed by atoms with van der Waals surface area (Å²) in [5, 5.41) is 2.79. The molecule has 2 atom stereocenters. The molecule has 0 aromatic rings. The molecule has 0 aromatic carbocycles. The molecule has 0 aliphatic rings. The van der Waals surface area contributed by atoms with Crippen LogP contribution in [0.2, 0.25) is 0 Å². The van der Waals surface area contributed by atoms with Crippen molar-refractivity contribution < 1.29 is 14.3 Å². The van der Waals surface area contributed by atoms with Crippen molar-refractivity contribution in [3.05, 3.63) is 0 Å². The first-order chi connectivity index (χ1) is 5.60. The van der Waals surface area contributed by atoms with Crippen molar-refractivity contribution >= 4 is 32.9 Å². The lowest BCUT2D eigenvalue weighted by Gasteiger charge is -2.16. The van der Waals surface area contributed by atoms with E-state index in [1.54, 1.807) is 36.6 Å². The average Bonchev–Trinajstić information content (AvgIpc) is 2.02. The standard InChI is InChI=1S/C7H12INO3/c1-5(4-10)3-6(9-2)12-7(8)11/h4-6,9H,3H2,1-2H3. The Labute approximate surface area is 85.2 Å². The SMILES string of the molecule is CNC(CC(C)C=O)OC(=O)I. The van der Waals surface area contributed by atoms with E-state index < -0.39 is 0 Å². The lowest BCUT2D eigenvalue weighted by molar-refractivity contribution is -0.111. The second kappa shape index (κ2) is 6.36. The Hall–Kier alpha value is -0.170. The molecular weight excluding hydrogens is 273 g/mol. The molecule has 0 heterocycles. The van der Waals surface area contributed by atoms with Crippen LogP contribution in [0.1, 0.15) is 13.3 Å². The molecule has 5 heteroatoms. The molecule has 0 aromatic heterocycles. The fourth-order valence-corrected chi connectivity index (χ4v) is 1.04. The number of aldehydes is 1. The number of rotatable bonds is 5. The fourth-order valence-electron chi connectivity index (χ4n) is 0.730. The Morgan fingerprint density at radius 1 is 1.75 bits per heavy atom. The largest absolute Gasteiger partial charge is 0.439 e. The van der Waals surface area contributed by atoms with E-state index in [1.165, 1.54) is 0 Å². The normalized spacial score (nSPS) is 14.9. The molecule has 0 saturated heterocycles. The van der Waals surface area contributed by atoms with E-state index >= 15 is 0 Å². The van der Waals surface area contributed by atoms with E-state index in [0.29, 0.717) is 6.42 Å². The van der Waals surface area contributed by atoms with E-state index in [0.717, 1.165) is 6.29 Å². The zero-order valence-corrected chi connectivity index (χ0v) is 9.20. The number of nitrogens with one attached hydrogen (secondary N) is 1. The van der Waals surface area contributed by atoms with Crippen LogP contribution in [-0.4, -0.2) is 23.5 Å². The molecule has 0 fully saturated rings. The molecule has 0 rings (SSSR count). The van der Waals surface area contributed by atoms with Crippen molar-refractivity contribution in [2.24, 2.45) is 5.92 Å². The van der Waals surface area contributed by atoms with Gasteiger partial charge in [-0.1, -0.05) is 6.92 Å². The van der Waals surface area contributed by atoms with Gasteiger partial charge in [-0.15, -0.1) is 0 Å². The van der Waals surface area contributed by atoms with Gasteiger partial charge in [0.25, 0.3) is 0 Å². The van der Waals surface area contributed by atoms with Gasteiger partial charge in [-0.2, -0.15) is 0 Å². The van der Waals surface area contributed by atoms with Gasteiger partial charge in [0.1, 0.15) is 6.29 Å². The zero-order valence-electron chi connectivity index (χ0n) is 7.04. The van der Waals surface area contributed by atoms with Crippen LogP contribution < -0.4 is 5.32 Å². The molecule has 2 unspecified atom stereocenters. The molecule has 1 N–H and O–H groups in total. The Bertz CT molecular complexity index is 163. The van der Waals surface area contributed by atoms with Crippen molar-refractivity contribution in [2.75, 3.05) is 7.05 Å². The van der Waals surface area contributed by atoms with Gasteiger partial charge in [-0.05, 0) is 7.05 Å². The molecule has 0 saturated carbocycles. The molecule has 0 radical (unpaired) electrons. The summed E-state index contributed by atoms with van der Waals surface area (Å²) >= 11 is 1.55. The number of halogens is 1. The van der Waals surface area contributed by atoms with Gasteiger partial charge in [0, 0.05) is 12.3 Å². The minimum atomic E-state index is -0.370. The number of hydrogen-bond acceptors (Lipinski definition) is 4. The predicted octanol–water partition coefficient (Wildman–Crippen LogP) is 1.33. The Balaban J connectivity index is 3.81. The molecule has 0 bridgehead atoms. The summed E-state index contributed by atoms with van der Waals surface area (Å²) in [6, 6.07) is 0. The maximum absolute atomic E-state index is 10.5. The van der Waals surface area contributed by atoms with Gasteiger partial charge in [0.05, 0.1) is 22.6 Å². The molecular formula is C7H12INO3. The number of hydrogen-bond donors (Lipinski definition) is 1. The highest BCUT2D eigenvalue weighted by Gasteiger charge is 2.13. The summed E-state index contributed by atoms with van der Waals surface area (Å²) in [5.41, 5.74) is 0. The second-order valence-electron chi connectivity index (χ2n) is 2.48. The molecule has 0 aliphatic carbocycles. The first-order valence-corrected chi connectivity index (χ1v) is 4.66. The van der Waals surface area contributed by atoms with Crippen molar-refractivity contribution in [3.63, 3.8) is 0 Å². The van der Waals surface area contributed by atoms with Crippen molar-refractivity contribution in [1.29, 1.82) is 0 Å². The third-order valence-electron chi connectivity index (χ3n) is 1.38.